The van der Waals surface area contributed by atoms with Crippen LogP contribution < -0.4 is 5.32 Å². The molecule has 0 unspecified atom stereocenters. The van der Waals surface area contributed by atoms with Crippen molar-refractivity contribution in [1.29, 1.82) is 0 Å². The van der Waals surface area contributed by atoms with E-state index in [-0.39, 0.29) is 11.5 Å². The number of benzene rings is 1. The summed E-state index contributed by atoms with van der Waals surface area (Å²) >= 11 is 0. The smallest absolute Gasteiger partial charge is 0.247 e. The van der Waals surface area contributed by atoms with E-state index in [1.54, 1.807) is 0 Å². The molecular formula is C13H14F3N3O. The second-order valence-electron chi connectivity index (χ2n) is 4.25. The van der Waals surface area contributed by atoms with Crippen molar-refractivity contribution in [2.24, 2.45) is 0 Å². The van der Waals surface area contributed by atoms with Crippen LogP contribution in [0.15, 0.2) is 16.5 Å². The van der Waals surface area contributed by atoms with Crippen LogP contribution in [0, 0.1) is 17.5 Å². The highest BCUT2D eigenvalue weighted by Gasteiger charge is 2.15. The van der Waals surface area contributed by atoms with E-state index in [9.17, 15) is 13.2 Å². The molecule has 1 heterocycles. The largest absolute Gasteiger partial charge is 0.421 e. The Morgan fingerprint density at radius 3 is 2.45 bits per heavy atom. The Labute approximate surface area is 114 Å². The van der Waals surface area contributed by atoms with Crippen LogP contribution in [-0.4, -0.2) is 23.3 Å². The molecule has 0 saturated heterocycles. The minimum absolute atomic E-state index is 0.0154. The van der Waals surface area contributed by atoms with Crippen molar-refractivity contribution in [3.05, 3.63) is 35.5 Å². The van der Waals surface area contributed by atoms with Crippen LogP contribution in [0.4, 0.5) is 13.2 Å². The first kappa shape index (κ1) is 14.5. The van der Waals surface area contributed by atoms with E-state index in [2.05, 4.69) is 22.4 Å². The fourth-order valence-electron chi connectivity index (χ4n) is 1.65. The van der Waals surface area contributed by atoms with Crippen molar-refractivity contribution in [2.75, 3.05) is 13.1 Å². The summed E-state index contributed by atoms with van der Waals surface area (Å²) in [6, 6.07) is 1.65. The van der Waals surface area contributed by atoms with E-state index >= 15 is 0 Å². The second kappa shape index (κ2) is 6.51. The van der Waals surface area contributed by atoms with Gasteiger partial charge in [-0.15, -0.1) is 10.2 Å². The number of nitrogens with one attached hydrogen (secondary N) is 1. The van der Waals surface area contributed by atoms with Crippen LogP contribution >= 0.6 is 0 Å². The summed E-state index contributed by atoms with van der Waals surface area (Å²) in [7, 11) is 0. The third-order valence-electron chi connectivity index (χ3n) is 2.64. The molecule has 1 N–H and O–H groups in total. The van der Waals surface area contributed by atoms with Crippen LogP contribution in [-0.2, 0) is 6.42 Å². The van der Waals surface area contributed by atoms with E-state index in [1.165, 1.54) is 0 Å². The SMILES string of the molecule is CCCNCCc1nnc(-c2cc(F)c(F)c(F)c2)o1. The van der Waals surface area contributed by atoms with Gasteiger partial charge in [-0.3, -0.25) is 0 Å². The third kappa shape index (κ3) is 3.36. The summed E-state index contributed by atoms with van der Waals surface area (Å²) in [6.45, 7) is 3.60. The maximum absolute atomic E-state index is 13.1. The molecule has 0 aliphatic heterocycles. The van der Waals surface area contributed by atoms with Gasteiger partial charge in [-0.05, 0) is 25.1 Å². The highest BCUT2D eigenvalue weighted by Crippen LogP contribution is 2.22. The number of rotatable bonds is 6. The van der Waals surface area contributed by atoms with Gasteiger partial charge in [-0.2, -0.15) is 0 Å². The topological polar surface area (TPSA) is 51.0 Å². The van der Waals surface area contributed by atoms with E-state index in [0.29, 0.717) is 18.9 Å². The molecule has 0 atom stereocenters. The monoisotopic (exact) mass is 285 g/mol. The average Bonchev–Trinajstić information content (AvgIpc) is 2.89. The van der Waals surface area contributed by atoms with Gasteiger partial charge >= 0.3 is 0 Å². The summed E-state index contributed by atoms with van der Waals surface area (Å²) in [4.78, 5) is 0. The van der Waals surface area contributed by atoms with Crippen LogP contribution in [0.25, 0.3) is 11.5 Å². The zero-order valence-electron chi connectivity index (χ0n) is 10.9. The molecular weight excluding hydrogens is 271 g/mol. The fraction of sp³-hybridized carbons (Fsp3) is 0.385. The number of aromatic nitrogens is 2. The van der Waals surface area contributed by atoms with Gasteiger partial charge in [0.1, 0.15) is 0 Å². The molecule has 0 bridgehead atoms. The van der Waals surface area contributed by atoms with Gasteiger partial charge < -0.3 is 9.73 Å². The number of hydrogen-bond donors (Lipinski definition) is 1. The molecule has 1 aromatic heterocycles. The summed E-state index contributed by atoms with van der Waals surface area (Å²) in [5.74, 6) is -3.77. The summed E-state index contributed by atoms with van der Waals surface area (Å²) in [5, 5.41) is 10.6. The van der Waals surface area contributed by atoms with Crippen LogP contribution in [0.3, 0.4) is 0 Å². The van der Waals surface area contributed by atoms with Crippen LogP contribution in [0.5, 0.6) is 0 Å². The van der Waals surface area contributed by atoms with Crippen molar-refractivity contribution >= 4 is 0 Å². The Morgan fingerprint density at radius 1 is 1.10 bits per heavy atom. The first-order valence-electron chi connectivity index (χ1n) is 6.29. The molecule has 108 valence electrons. The maximum Gasteiger partial charge on any atom is 0.247 e. The first-order valence-corrected chi connectivity index (χ1v) is 6.29. The molecule has 7 heteroatoms. The van der Waals surface area contributed by atoms with Crippen LogP contribution in [0.1, 0.15) is 19.2 Å². The first-order chi connectivity index (χ1) is 9.61. The summed E-state index contributed by atoms with van der Waals surface area (Å²) < 4.78 is 44.3. The highest BCUT2D eigenvalue weighted by molar-refractivity contribution is 5.52. The normalized spacial score (nSPS) is 11.0. The van der Waals surface area contributed by atoms with E-state index < -0.39 is 17.5 Å². The van der Waals surface area contributed by atoms with Gasteiger partial charge in [0.2, 0.25) is 11.8 Å². The molecule has 0 aliphatic carbocycles. The number of hydrogen-bond acceptors (Lipinski definition) is 4. The lowest BCUT2D eigenvalue weighted by molar-refractivity contribution is 0.446. The van der Waals surface area contributed by atoms with Gasteiger partial charge in [-0.25, -0.2) is 13.2 Å². The Bertz CT molecular complexity index is 563. The molecule has 0 saturated carbocycles. The van der Waals surface area contributed by atoms with E-state index in [4.69, 9.17) is 4.42 Å². The van der Waals surface area contributed by atoms with E-state index in [1.807, 2.05) is 0 Å². The van der Waals surface area contributed by atoms with Gasteiger partial charge in [0.25, 0.3) is 0 Å². The summed E-state index contributed by atoms with van der Waals surface area (Å²) in [5.41, 5.74) is 0.0154. The third-order valence-corrected chi connectivity index (χ3v) is 2.64. The van der Waals surface area contributed by atoms with Crippen molar-refractivity contribution in [3.63, 3.8) is 0 Å². The Hall–Kier alpha value is -1.89. The number of nitrogens with zero attached hydrogens (tertiary/aromatic N) is 2. The molecule has 4 nitrogen and oxygen atoms in total. The molecule has 2 rings (SSSR count). The van der Waals surface area contributed by atoms with Gasteiger partial charge in [0.15, 0.2) is 17.5 Å². The summed E-state index contributed by atoms with van der Waals surface area (Å²) in [6.07, 6.45) is 1.53. The van der Waals surface area contributed by atoms with Crippen molar-refractivity contribution in [3.8, 4) is 11.5 Å². The molecule has 0 spiro atoms. The lowest BCUT2D eigenvalue weighted by Gasteiger charge is -1.99. The minimum atomic E-state index is -1.52. The van der Waals surface area contributed by atoms with E-state index in [0.717, 1.165) is 25.1 Å². The van der Waals surface area contributed by atoms with Gasteiger partial charge in [0.05, 0.1) is 0 Å². The molecule has 0 aliphatic rings. The van der Waals surface area contributed by atoms with Crippen molar-refractivity contribution in [2.45, 2.75) is 19.8 Å². The fourth-order valence-corrected chi connectivity index (χ4v) is 1.65. The zero-order valence-corrected chi connectivity index (χ0v) is 10.9. The molecule has 0 amide bonds. The second-order valence-corrected chi connectivity index (χ2v) is 4.25. The Balaban J connectivity index is 2.08. The number of halogens is 3. The molecule has 20 heavy (non-hydrogen) atoms. The minimum Gasteiger partial charge on any atom is -0.421 e. The van der Waals surface area contributed by atoms with Gasteiger partial charge in [-0.1, -0.05) is 6.92 Å². The maximum atomic E-state index is 13.1. The zero-order chi connectivity index (χ0) is 14.5. The highest BCUT2D eigenvalue weighted by atomic mass is 19.2. The predicted molar refractivity (Wildman–Crippen MR) is 66.5 cm³/mol. The van der Waals surface area contributed by atoms with Crippen LogP contribution in [0.2, 0.25) is 0 Å². The lowest BCUT2D eigenvalue weighted by Crippen LogP contribution is -2.17. The quantitative estimate of drug-likeness (QED) is 0.655. The van der Waals surface area contributed by atoms with Gasteiger partial charge in [0, 0.05) is 18.5 Å². The molecule has 0 radical (unpaired) electrons. The van der Waals surface area contributed by atoms with Crippen molar-refractivity contribution in [1.82, 2.24) is 15.5 Å². The average molecular weight is 285 g/mol. The standard InChI is InChI=1S/C13H14F3N3O/c1-2-4-17-5-3-11-18-19-13(20-11)8-6-9(14)12(16)10(15)7-8/h6-7,17H,2-5H2,1H3. The molecule has 2 aromatic rings. The Kier molecular flexibility index (Phi) is 4.73. The predicted octanol–water partition coefficient (Wildman–Crippen LogP) is 2.70. The molecule has 1 aromatic carbocycles. The van der Waals surface area contributed by atoms with Crippen molar-refractivity contribution < 1.29 is 17.6 Å². The lowest BCUT2D eigenvalue weighted by atomic mass is 10.2. The Morgan fingerprint density at radius 2 is 1.80 bits per heavy atom. The molecule has 0 fully saturated rings.